The predicted octanol–water partition coefficient (Wildman–Crippen LogP) is 1.55. The van der Waals surface area contributed by atoms with Crippen LogP contribution in [0.4, 0.5) is 4.39 Å². The summed E-state index contributed by atoms with van der Waals surface area (Å²) in [4.78, 5) is 3.99. The highest BCUT2D eigenvalue weighted by Crippen LogP contribution is 2.21. The van der Waals surface area contributed by atoms with E-state index in [-0.39, 0.29) is 18.4 Å². The van der Waals surface area contributed by atoms with Gasteiger partial charge in [-0.1, -0.05) is 6.07 Å². The molecular weight excluding hydrogens is 235 g/mol. The maximum absolute atomic E-state index is 13.7. The fraction of sp³-hybridized carbons (Fsp3) is 0.333. The number of benzene rings is 1. The molecule has 0 aliphatic rings. The molecule has 96 valence electrons. The minimum atomic E-state index is -0.424. The van der Waals surface area contributed by atoms with E-state index >= 15 is 0 Å². The van der Waals surface area contributed by atoms with Gasteiger partial charge in [0.25, 0.3) is 0 Å². The molecule has 1 unspecified atom stereocenters. The smallest absolute Gasteiger partial charge is 0.165 e. The predicted molar refractivity (Wildman–Crippen MR) is 64.3 cm³/mol. The second kappa shape index (κ2) is 5.14. The molecule has 0 saturated heterocycles. The van der Waals surface area contributed by atoms with Crippen LogP contribution in [0, 0.1) is 5.82 Å². The largest absolute Gasteiger partial charge is 0.483 e. The molecular formula is C12H15FN4O. The molecule has 6 heteroatoms. The molecule has 5 nitrogen and oxygen atoms in total. The Morgan fingerprint density at radius 3 is 2.83 bits per heavy atom. The zero-order valence-corrected chi connectivity index (χ0v) is 10.3. The van der Waals surface area contributed by atoms with Crippen molar-refractivity contribution in [2.24, 2.45) is 12.8 Å². The van der Waals surface area contributed by atoms with Crippen molar-refractivity contribution in [1.29, 1.82) is 0 Å². The highest BCUT2D eigenvalue weighted by atomic mass is 19.1. The van der Waals surface area contributed by atoms with Crippen molar-refractivity contribution < 1.29 is 9.13 Å². The van der Waals surface area contributed by atoms with Crippen molar-refractivity contribution in [2.45, 2.75) is 19.6 Å². The number of ether oxygens (including phenoxy) is 1. The van der Waals surface area contributed by atoms with Gasteiger partial charge in [-0.25, -0.2) is 9.37 Å². The highest BCUT2D eigenvalue weighted by Gasteiger charge is 2.08. The van der Waals surface area contributed by atoms with Crippen LogP contribution >= 0.6 is 0 Å². The maximum atomic E-state index is 13.7. The zero-order chi connectivity index (χ0) is 13.1. The van der Waals surface area contributed by atoms with Crippen LogP contribution in [0.15, 0.2) is 24.5 Å². The monoisotopic (exact) mass is 250 g/mol. The summed E-state index contributed by atoms with van der Waals surface area (Å²) in [5.41, 5.74) is 6.41. The van der Waals surface area contributed by atoms with Crippen molar-refractivity contribution in [2.75, 3.05) is 0 Å². The van der Waals surface area contributed by atoms with Crippen LogP contribution in [0.3, 0.4) is 0 Å². The number of nitrogens with zero attached hydrogens (tertiary/aromatic N) is 3. The standard InChI is InChI=1S/C12H15FN4O/c1-8(14)9-3-4-11(10(13)5-9)18-6-12-15-7-16-17(12)2/h3-5,7-8H,6,14H2,1-2H3. The van der Waals surface area contributed by atoms with Crippen molar-refractivity contribution >= 4 is 0 Å². The summed E-state index contributed by atoms with van der Waals surface area (Å²) in [5.74, 6) is 0.389. The van der Waals surface area contributed by atoms with E-state index in [2.05, 4.69) is 10.1 Å². The van der Waals surface area contributed by atoms with Crippen LogP contribution in [0.2, 0.25) is 0 Å². The third-order valence-electron chi connectivity index (χ3n) is 2.64. The number of halogens is 1. The molecule has 0 saturated carbocycles. The third-order valence-corrected chi connectivity index (χ3v) is 2.64. The molecule has 0 aliphatic heterocycles. The van der Waals surface area contributed by atoms with Crippen molar-refractivity contribution in [3.63, 3.8) is 0 Å². The second-order valence-corrected chi connectivity index (χ2v) is 4.07. The fourth-order valence-corrected chi connectivity index (χ4v) is 1.51. The van der Waals surface area contributed by atoms with E-state index in [1.54, 1.807) is 30.8 Å². The van der Waals surface area contributed by atoms with Gasteiger partial charge >= 0.3 is 0 Å². The van der Waals surface area contributed by atoms with Gasteiger partial charge in [-0.05, 0) is 24.6 Å². The molecule has 1 aromatic carbocycles. The van der Waals surface area contributed by atoms with E-state index in [9.17, 15) is 4.39 Å². The molecule has 0 aliphatic carbocycles. The molecule has 18 heavy (non-hydrogen) atoms. The number of rotatable bonds is 4. The van der Waals surface area contributed by atoms with Gasteiger partial charge in [-0.2, -0.15) is 5.10 Å². The van der Waals surface area contributed by atoms with Crippen molar-refractivity contribution in [3.05, 3.63) is 41.7 Å². The van der Waals surface area contributed by atoms with Gasteiger partial charge < -0.3 is 10.5 Å². The number of hydrogen-bond acceptors (Lipinski definition) is 4. The summed E-state index contributed by atoms with van der Waals surface area (Å²) in [6.45, 7) is 1.97. The summed E-state index contributed by atoms with van der Waals surface area (Å²) in [6, 6.07) is 4.51. The van der Waals surface area contributed by atoms with E-state index in [0.717, 1.165) is 5.56 Å². The Hall–Kier alpha value is -1.95. The lowest BCUT2D eigenvalue weighted by molar-refractivity contribution is 0.275. The van der Waals surface area contributed by atoms with Crippen LogP contribution in [0.5, 0.6) is 5.75 Å². The Balaban J connectivity index is 2.08. The minimum absolute atomic E-state index is 0.172. The lowest BCUT2D eigenvalue weighted by Gasteiger charge is -2.10. The highest BCUT2D eigenvalue weighted by molar-refractivity contribution is 5.30. The van der Waals surface area contributed by atoms with Gasteiger partial charge in [-0.3, -0.25) is 4.68 Å². The Labute approximate surface area is 104 Å². The fourth-order valence-electron chi connectivity index (χ4n) is 1.51. The molecule has 0 radical (unpaired) electrons. The van der Waals surface area contributed by atoms with Crippen molar-refractivity contribution in [3.8, 4) is 5.75 Å². The Morgan fingerprint density at radius 2 is 2.28 bits per heavy atom. The molecule has 0 amide bonds. The van der Waals surface area contributed by atoms with Crippen LogP contribution < -0.4 is 10.5 Å². The summed E-state index contributed by atoms with van der Waals surface area (Å²) in [5, 5.41) is 3.90. The van der Waals surface area contributed by atoms with E-state index < -0.39 is 5.82 Å². The summed E-state index contributed by atoms with van der Waals surface area (Å²) in [7, 11) is 1.75. The van der Waals surface area contributed by atoms with Gasteiger partial charge in [-0.15, -0.1) is 0 Å². The first kappa shape index (κ1) is 12.5. The molecule has 1 heterocycles. The first-order valence-electron chi connectivity index (χ1n) is 5.58. The average molecular weight is 250 g/mol. The molecule has 2 rings (SSSR count). The number of nitrogens with two attached hydrogens (primary N) is 1. The number of aromatic nitrogens is 3. The molecule has 0 fully saturated rings. The van der Waals surface area contributed by atoms with Gasteiger partial charge in [0, 0.05) is 13.1 Å². The molecule has 1 aromatic heterocycles. The van der Waals surface area contributed by atoms with Crippen molar-refractivity contribution in [1.82, 2.24) is 14.8 Å². The van der Waals surface area contributed by atoms with Crippen LogP contribution in [-0.4, -0.2) is 14.8 Å². The van der Waals surface area contributed by atoms with Crippen LogP contribution in [0.25, 0.3) is 0 Å². The first-order chi connectivity index (χ1) is 8.58. The quantitative estimate of drug-likeness (QED) is 0.894. The van der Waals surface area contributed by atoms with E-state index in [4.69, 9.17) is 10.5 Å². The first-order valence-corrected chi connectivity index (χ1v) is 5.58. The lowest BCUT2D eigenvalue weighted by atomic mass is 10.1. The molecule has 2 N–H and O–H groups in total. The third kappa shape index (κ3) is 2.65. The van der Waals surface area contributed by atoms with Gasteiger partial charge in [0.15, 0.2) is 17.4 Å². The van der Waals surface area contributed by atoms with Gasteiger partial charge in [0.1, 0.15) is 12.9 Å². The van der Waals surface area contributed by atoms with E-state index in [1.807, 2.05) is 0 Å². The SMILES string of the molecule is CC(N)c1ccc(OCc2ncnn2C)c(F)c1. The molecule has 0 bridgehead atoms. The summed E-state index contributed by atoms with van der Waals surface area (Å²) >= 11 is 0. The normalized spacial score (nSPS) is 12.4. The number of hydrogen-bond donors (Lipinski definition) is 1. The van der Waals surface area contributed by atoms with Crippen LogP contribution in [-0.2, 0) is 13.7 Å². The molecule has 1 atom stereocenters. The average Bonchev–Trinajstić information content (AvgIpc) is 2.73. The minimum Gasteiger partial charge on any atom is -0.483 e. The lowest BCUT2D eigenvalue weighted by Crippen LogP contribution is -2.07. The molecule has 2 aromatic rings. The molecule has 0 spiro atoms. The van der Waals surface area contributed by atoms with Crippen LogP contribution in [0.1, 0.15) is 24.4 Å². The maximum Gasteiger partial charge on any atom is 0.165 e. The topological polar surface area (TPSA) is 66.0 Å². The summed E-state index contributed by atoms with van der Waals surface area (Å²) in [6.07, 6.45) is 1.42. The van der Waals surface area contributed by atoms with Gasteiger partial charge in [0.2, 0.25) is 0 Å². The van der Waals surface area contributed by atoms with E-state index in [1.165, 1.54) is 12.4 Å². The summed E-state index contributed by atoms with van der Waals surface area (Å²) < 4.78 is 20.7. The zero-order valence-electron chi connectivity index (χ0n) is 10.3. The Kier molecular flexibility index (Phi) is 3.57. The van der Waals surface area contributed by atoms with Gasteiger partial charge in [0.05, 0.1) is 0 Å². The second-order valence-electron chi connectivity index (χ2n) is 4.07. The Morgan fingerprint density at radius 1 is 1.50 bits per heavy atom. The number of aryl methyl sites for hydroxylation is 1. The Bertz CT molecular complexity index is 539. The van der Waals surface area contributed by atoms with E-state index in [0.29, 0.717) is 5.82 Å².